The second-order valence-electron chi connectivity index (χ2n) is 2.44. The molecule has 0 aliphatic carbocycles. The van der Waals surface area contributed by atoms with Crippen LogP contribution in [-0.2, 0) is 0 Å². The molecule has 0 aliphatic heterocycles. The number of hydrogen-bond donors (Lipinski definition) is 0. The first-order chi connectivity index (χ1) is 6.35. The van der Waals surface area contributed by atoms with Crippen LogP contribution in [0.2, 0.25) is 0 Å². The number of aromatic nitrogens is 1. The average Bonchev–Trinajstić information content (AvgIpc) is 2.59. The smallest absolute Gasteiger partial charge is 0.206 e. The Morgan fingerprint density at radius 3 is 3.08 bits per heavy atom. The summed E-state index contributed by atoms with van der Waals surface area (Å²) >= 11 is 0. The Bertz CT molecular complexity index is 512. The molecule has 0 spiro atoms. The lowest BCUT2D eigenvalue weighted by Gasteiger charge is -1.87. The molecule has 4 nitrogen and oxygen atoms in total. The zero-order chi connectivity index (χ0) is 9.26. The molecule has 62 valence electrons. The summed E-state index contributed by atoms with van der Waals surface area (Å²) in [6, 6.07) is 7.09. The molecule has 0 N–H and O–H groups in total. The van der Waals surface area contributed by atoms with Crippen molar-refractivity contribution in [2.75, 3.05) is 0 Å². The van der Waals surface area contributed by atoms with Crippen molar-refractivity contribution in [3.05, 3.63) is 23.8 Å². The maximum absolute atomic E-state index is 8.65. The van der Waals surface area contributed by atoms with Crippen LogP contribution in [0, 0.1) is 11.3 Å². The minimum atomic E-state index is 0.448. The van der Waals surface area contributed by atoms with E-state index in [1.165, 1.54) is 0 Å². The van der Waals surface area contributed by atoms with Crippen molar-refractivity contribution in [1.82, 2.24) is 5.16 Å². The van der Waals surface area contributed by atoms with Gasteiger partial charge in [0.25, 0.3) is 0 Å². The second-order valence-corrected chi connectivity index (χ2v) is 2.66. The molecule has 2 aromatic rings. The van der Waals surface area contributed by atoms with Gasteiger partial charge in [-0.05, 0) is 27.2 Å². The van der Waals surface area contributed by atoms with Crippen LogP contribution in [0.1, 0.15) is 5.56 Å². The standard InChI is InChI=1S/C8H4N3OP/c9-4-5-1-2-7-6(3-5)8(11-13)10-12-7/h1-3,13H. The highest BCUT2D eigenvalue weighted by Crippen LogP contribution is 2.26. The molecule has 0 bridgehead atoms. The van der Waals surface area contributed by atoms with Crippen LogP contribution >= 0.6 is 9.03 Å². The van der Waals surface area contributed by atoms with Gasteiger partial charge in [-0.1, -0.05) is 5.16 Å². The Morgan fingerprint density at radius 1 is 1.54 bits per heavy atom. The number of benzene rings is 1. The lowest BCUT2D eigenvalue weighted by Crippen LogP contribution is -1.71. The van der Waals surface area contributed by atoms with Gasteiger partial charge in [0.05, 0.1) is 17.0 Å². The minimum Gasteiger partial charge on any atom is -0.354 e. The zero-order valence-corrected chi connectivity index (χ0v) is 7.48. The fraction of sp³-hybridized carbons (Fsp3) is 0. The molecule has 0 radical (unpaired) electrons. The number of nitriles is 1. The lowest BCUT2D eigenvalue weighted by atomic mass is 10.2. The topological polar surface area (TPSA) is 62.2 Å². The third-order valence-corrected chi connectivity index (χ3v) is 1.90. The molecule has 1 aromatic carbocycles. The molecule has 0 saturated carbocycles. The van der Waals surface area contributed by atoms with Gasteiger partial charge in [0.2, 0.25) is 5.82 Å². The molecule has 5 heteroatoms. The highest BCUT2D eigenvalue weighted by molar-refractivity contribution is 7.04. The van der Waals surface area contributed by atoms with Gasteiger partial charge in [-0.2, -0.15) is 5.26 Å². The van der Waals surface area contributed by atoms with Crippen molar-refractivity contribution in [3.8, 4) is 6.07 Å². The molecule has 0 saturated heterocycles. The maximum Gasteiger partial charge on any atom is 0.206 e. The van der Waals surface area contributed by atoms with Gasteiger partial charge in [0.15, 0.2) is 5.58 Å². The Kier molecular flexibility index (Phi) is 1.80. The maximum atomic E-state index is 8.65. The summed E-state index contributed by atoms with van der Waals surface area (Å²) in [5.74, 6) is 0.448. The number of hydrogen-bond acceptors (Lipinski definition) is 4. The number of nitrogens with zero attached hydrogens (tertiary/aromatic N) is 3. The van der Waals surface area contributed by atoms with Crippen LogP contribution in [0.5, 0.6) is 0 Å². The Hall–Kier alpha value is -1.72. The van der Waals surface area contributed by atoms with E-state index in [9.17, 15) is 0 Å². The van der Waals surface area contributed by atoms with Crippen LogP contribution in [0.25, 0.3) is 11.0 Å². The van der Waals surface area contributed by atoms with Gasteiger partial charge in [-0.15, -0.1) is 0 Å². The van der Waals surface area contributed by atoms with Crippen molar-refractivity contribution in [3.63, 3.8) is 0 Å². The van der Waals surface area contributed by atoms with E-state index in [1.807, 2.05) is 6.07 Å². The molecule has 1 heterocycles. The quantitative estimate of drug-likeness (QED) is 0.647. The van der Waals surface area contributed by atoms with E-state index in [0.29, 0.717) is 17.0 Å². The highest BCUT2D eigenvalue weighted by Gasteiger charge is 2.06. The molecular weight excluding hydrogens is 185 g/mol. The van der Waals surface area contributed by atoms with Crippen molar-refractivity contribution in [2.24, 2.45) is 4.74 Å². The SMILES string of the molecule is N#Cc1ccc2onc(N=P)c2c1. The van der Waals surface area contributed by atoms with Gasteiger partial charge < -0.3 is 4.52 Å². The van der Waals surface area contributed by atoms with Crippen molar-refractivity contribution < 1.29 is 4.52 Å². The normalized spacial score (nSPS) is 9.77. The Labute approximate surface area is 76.1 Å². The molecule has 0 amide bonds. The van der Waals surface area contributed by atoms with Gasteiger partial charge in [0, 0.05) is 0 Å². The fourth-order valence-electron chi connectivity index (χ4n) is 1.08. The van der Waals surface area contributed by atoms with E-state index in [2.05, 4.69) is 18.9 Å². The summed E-state index contributed by atoms with van der Waals surface area (Å²) in [6.45, 7) is 0. The molecule has 13 heavy (non-hydrogen) atoms. The first-order valence-electron chi connectivity index (χ1n) is 3.52. The monoisotopic (exact) mass is 189 g/mol. The van der Waals surface area contributed by atoms with Gasteiger partial charge >= 0.3 is 0 Å². The first kappa shape index (κ1) is 7.90. The van der Waals surface area contributed by atoms with E-state index in [4.69, 9.17) is 9.78 Å². The van der Waals surface area contributed by atoms with Crippen LogP contribution in [-0.4, -0.2) is 5.16 Å². The summed E-state index contributed by atoms with van der Waals surface area (Å²) in [5.41, 5.74) is 1.18. The molecular formula is C8H4N3OP. The van der Waals surface area contributed by atoms with Crippen molar-refractivity contribution in [2.45, 2.75) is 0 Å². The predicted molar refractivity (Wildman–Crippen MR) is 49.1 cm³/mol. The van der Waals surface area contributed by atoms with Crippen LogP contribution in [0.3, 0.4) is 0 Å². The molecule has 2 rings (SSSR count). The summed E-state index contributed by atoms with van der Waals surface area (Å²) in [6.07, 6.45) is 0. The Balaban J connectivity index is 2.80. The lowest BCUT2D eigenvalue weighted by molar-refractivity contribution is 0.459. The minimum absolute atomic E-state index is 0.448. The molecule has 0 fully saturated rings. The van der Waals surface area contributed by atoms with Gasteiger partial charge in [0.1, 0.15) is 0 Å². The van der Waals surface area contributed by atoms with Crippen LogP contribution in [0.4, 0.5) is 5.82 Å². The van der Waals surface area contributed by atoms with E-state index in [1.54, 1.807) is 18.2 Å². The summed E-state index contributed by atoms with van der Waals surface area (Å²) in [4.78, 5) is 0. The fourth-order valence-corrected chi connectivity index (χ4v) is 1.24. The van der Waals surface area contributed by atoms with E-state index in [-0.39, 0.29) is 0 Å². The number of rotatable bonds is 1. The zero-order valence-electron chi connectivity index (χ0n) is 6.48. The molecule has 0 aliphatic rings. The third kappa shape index (κ3) is 1.20. The molecule has 1 aromatic heterocycles. The Morgan fingerprint density at radius 2 is 2.38 bits per heavy atom. The van der Waals surface area contributed by atoms with E-state index in [0.717, 1.165) is 5.39 Å². The number of fused-ring (bicyclic) bond motifs is 1. The average molecular weight is 189 g/mol. The molecule has 0 unspecified atom stereocenters. The summed E-state index contributed by atoms with van der Waals surface area (Å²) in [7, 11) is 2.97. The highest BCUT2D eigenvalue weighted by atomic mass is 31.0. The van der Waals surface area contributed by atoms with Crippen LogP contribution < -0.4 is 0 Å². The first-order valence-corrected chi connectivity index (χ1v) is 3.97. The third-order valence-electron chi connectivity index (χ3n) is 1.69. The van der Waals surface area contributed by atoms with E-state index < -0.39 is 0 Å². The summed E-state index contributed by atoms with van der Waals surface area (Å²) in [5, 5.41) is 13.1. The van der Waals surface area contributed by atoms with E-state index >= 15 is 0 Å². The van der Waals surface area contributed by atoms with Gasteiger partial charge in [-0.3, -0.25) is 0 Å². The van der Waals surface area contributed by atoms with Gasteiger partial charge in [-0.25, -0.2) is 4.74 Å². The molecule has 0 atom stereocenters. The van der Waals surface area contributed by atoms with Crippen molar-refractivity contribution in [1.29, 1.82) is 5.26 Å². The predicted octanol–water partition coefficient (Wildman–Crippen LogP) is 2.66. The largest absolute Gasteiger partial charge is 0.354 e. The summed E-state index contributed by atoms with van der Waals surface area (Å²) < 4.78 is 8.68. The van der Waals surface area contributed by atoms with Crippen LogP contribution in [0.15, 0.2) is 27.5 Å². The second kappa shape index (κ2) is 2.96. The van der Waals surface area contributed by atoms with Crippen molar-refractivity contribution >= 4 is 25.8 Å².